The van der Waals surface area contributed by atoms with E-state index >= 15 is 0 Å². The summed E-state index contributed by atoms with van der Waals surface area (Å²) in [4.78, 5) is 4.89. The van der Waals surface area contributed by atoms with E-state index in [0.717, 1.165) is 5.75 Å². The van der Waals surface area contributed by atoms with Crippen LogP contribution in [0, 0.1) is 0 Å². The molecule has 0 unspecified atom stereocenters. The van der Waals surface area contributed by atoms with E-state index in [0.29, 0.717) is 0 Å². The van der Waals surface area contributed by atoms with E-state index in [4.69, 9.17) is 4.99 Å². The van der Waals surface area contributed by atoms with Gasteiger partial charge >= 0.3 is 0 Å². The minimum absolute atomic E-state index is 0.149. The lowest BCUT2D eigenvalue weighted by Gasteiger charge is -2.14. The maximum Gasteiger partial charge on any atom is 0.162 e. The molecule has 0 saturated carbocycles. The molecule has 0 amide bonds. The lowest BCUT2D eigenvalue weighted by atomic mass is 10.2. The Balaban J connectivity index is 1.90. The van der Waals surface area contributed by atoms with E-state index < -0.39 is 0 Å². The third-order valence-corrected chi connectivity index (χ3v) is 7.11. The zero-order chi connectivity index (χ0) is 10.1. The Kier molecular flexibility index (Phi) is 2.75. The number of nitrogens with zero attached hydrogens (tertiary/aromatic N) is 1. The van der Waals surface area contributed by atoms with Crippen molar-refractivity contribution in [3.8, 4) is 0 Å². The van der Waals surface area contributed by atoms with E-state index in [-0.39, 0.29) is 4.20 Å². The third kappa shape index (κ3) is 1.95. The fourth-order valence-corrected chi connectivity index (χ4v) is 6.19. The minimum atomic E-state index is 0.149. The molecule has 0 bridgehead atoms. The average molecular weight is 253 g/mol. The van der Waals surface area contributed by atoms with Crippen LogP contribution >= 0.6 is 35.3 Å². The maximum atomic E-state index is 4.89. The molecule has 0 aliphatic carbocycles. The van der Waals surface area contributed by atoms with Gasteiger partial charge in [0.25, 0.3) is 0 Å². The molecule has 3 rings (SSSR count). The van der Waals surface area contributed by atoms with Crippen molar-refractivity contribution in [1.29, 1.82) is 0 Å². The molecule has 2 heterocycles. The molecule has 0 aromatic heterocycles. The number of benzene rings is 1. The molecule has 1 nitrogen and oxygen atoms in total. The first-order valence-corrected chi connectivity index (χ1v) is 7.90. The van der Waals surface area contributed by atoms with Gasteiger partial charge in [0.15, 0.2) is 4.20 Å². The Morgan fingerprint density at radius 2 is 1.80 bits per heavy atom. The van der Waals surface area contributed by atoms with Gasteiger partial charge in [-0.15, -0.1) is 35.3 Å². The summed E-state index contributed by atoms with van der Waals surface area (Å²) < 4.78 is 0.149. The van der Waals surface area contributed by atoms with Crippen molar-refractivity contribution in [3.63, 3.8) is 0 Å². The fraction of sp³-hybridized carbons (Fsp3) is 0.364. The molecule has 0 radical (unpaired) electrons. The molecular formula is C11H11NS3. The molecule has 0 N–H and O–H groups in total. The Labute approximate surface area is 103 Å². The van der Waals surface area contributed by atoms with Crippen LogP contribution in [0.2, 0.25) is 0 Å². The van der Waals surface area contributed by atoms with Crippen molar-refractivity contribution < 1.29 is 0 Å². The molecule has 1 aromatic carbocycles. The molecule has 1 fully saturated rings. The van der Waals surface area contributed by atoms with Gasteiger partial charge in [0.2, 0.25) is 0 Å². The minimum Gasteiger partial charge on any atom is -0.248 e. The normalized spacial score (nSPS) is 23.3. The zero-order valence-corrected chi connectivity index (χ0v) is 10.6. The van der Waals surface area contributed by atoms with Gasteiger partial charge in [-0.3, -0.25) is 0 Å². The number of hydrogen-bond donors (Lipinski definition) is 0. The van der Waals surface area contributed by atoms with E-state index in [1.54, 1.807) is 0 Å². The first-order chi connectivity index (χ1) is 7.38. The van der Waals surface area contributed by atoms with Crippen LogP contribution in [0.15, 0.2) is 35.3 Å². The van der Waals surface area contributed by atoms with Gasteiger partial charge in [-0.1, -0.05) is 30.3 Å². The van der Waals surface area contributed by atoms with Crippen molar-refractivity contribution in [2.45, 2.75) is 4.20 Å². The second kappa shape index (κ2) is 4.07. The molecule has 1 aromatic rings. The first kappa shape index (κ1) is 10.1. The Morgan fingerprint density at radius 1 is 1.07 bits per heavy atom. The Morgan fingerprint density at radius 3 is 2.53 bits per heavy atom. The van der Waals surface area contributed by atoms with Gasteiger partial charge in [0.05, 0.1) is 0 Å². The molecule has 1 saturated heterocycles. The lowest BCUT2D eigenvalue weighted by molar-refractivity contribution is 1.02. The van der Waals surface area contributed by atoms with Crippen LogP contribution in [0.5, 0.6) is 0 Å². The fourth-order valence-electron chi connectivity index (χ4n) is 1.70. The van der Waals surface area contributed by atoms with Crippen LogP contribution in [0.1, 0.15) is 5.56 Å². The van der Waals surface area contributed by atoms with Crippen LogP contribution in [0.25, 0.3) is 0 Å². The first-order valence-electron chi connectivity index (χ1n) is 4.94. The van der Waals surface area contributed by atoms with Gasteiger partial charge < -0.3 is 0 Å². The molecule has 4 heteroatoms. The van der Waals surface area contributed by atoms with Gasteiger partial charge in [0, 0.05) is 22.8 Å². The molecule has 0 atom stereocenters. The Hall–Kier alpha value is -0.0600. The van der Waals surface area contributed by atoms with Crippen LogP contribution < -0.4 is 0 Å². The van der Waals surface area contributed by atoms with Crippen LogP contribution in [-0.4, -0.2) is 26.5 Å². The van der Waals surface area contributed by atoms with Crippen molar-refractivity contribution in [1.82, 2.24) is 0 Å². The van der Waals surface area contributed by atoms with Gasteiger partial charge in [-0.25, -0.2) is 4.99 Å². The molecule has 1 spiro atoms. The van der Waals surface area contributed by atoms with Crippen molar-refractivity contribution in [2.24, 2.45) is 4.99 Å². The highest BCUT2D eigenvalue weighted by molar-refractivity contribution is 8.24. The highest BCUT2D eigenvalue weighted by atomic mass is 32.2. The molecular weight excluding hydrogens is 242 g/mol. The van der Waals surface area contributed by atoms with Gasteiger partial charge in [0.1, 0.15) is 5.04 Å². The highest BCUT2D eigenvalue weighted by Gasteiger charge is 2.40. The lowest BCUT2D eigenvalue weighted by Crippen LogP contribution is -2.12. The molecule has 15 heavy (non-hydrogen) atoms. The van der Waals surface area contributed by atoms with E-state index in [2.05, 4.69) is 30.3 Å². The van der Waals surface area contributed by atoms with Crippen molar-refractivity contribution in [3.05, 3.63) is 35.9 Å². The number of thioether (sulfide) groups is 3. The zero-order valence-electron chi connectivity index (χ0n) is 8.18. The molecule has 78 valence electrons. The summed E-state index contributed by atoms with van der Waals surface area (Å²) in [6, 6.07) is 10.5. The smallest absolute Gasteiger partial charge is 0.162 e. The summed E-state index contributed by atoms with van der Waals surface area (Å²) in [7, 11) is 0. The predicted molar refractivity (Wildman–Crippen MR) is 73.1 cm³/mol. The highest BCUT2D eigenvalue weighted by Crippen LogP contribution is 2.51. The largest absolute Gasteiger partial charge is 0.248 e. The molecule has 2 aliphatic rings. The van der Waals surface area contributed by atoms with Crippen LogP contribution in [-0.2, 0) is 0 Å². The topological polar surface area (TPSA) is 12.4 Å². The van der Waals surface area contributed by atoms with Gasteiger partial charge in [-0.05, 0) is 0 Å². The summed E-state index contributed by atoms with van der Waals surface area (Å²) in [5.41, 5.74) is 1.27. The second-order valence-corrected chi connectivity index (χ2v) is 7.45. The maximum absolute atomic E-state index is 4.89. The number of rotatable bonds is 1. The SMILES string of the molecule is c1ccc(C2=NC3(CS2)SCCS3)cc1. The number of aliphatic imine (C=N–C) groups is 1. The monoisotopic (exact) mass is 253 g/mol. The standard InChI is InChI=1S/C11H11NS3/c1-2-4-9(5-3-1)10-12-11(8-13-10)14-6-7-15-11/h1-5H,6-8H2. The van der Waals surface area contributed by atoms with Crippen molar-refractivity contribution >= 4 is 40.3 Å². The van der Waals surface area contributed by atoms with E-state index in [1.807, 2.05) is 35.3 Å². The van der Waals surface area contributed by atoms with Crippen LogP contribution in [0.3, 0.4) is 0 Å². The van der Waals surface area contributed by atoms with Crippen LogP contribution in [0.4, 0.5) is 0 Å². The second-order valence-electron chi connectivity index (χ2n) is 3.48. The Bertz CT molecular complexity index is 382. The number of hydrogen-bond acceptors (Lipinski definition) is 4. The quantitative estimate of drug-likeness (QED) is 0.762. The van der Waals surface area contributed by atoms with E-state index in [1.165, 1.54) is 22.1 Å². The molecule has 2 aliphatic heterocycles. The summed E-state index contributed by atoms with van der Waals surface area (Å²) in [5.74, 6) is 3.63. The third-order valence-electron chi connectivity index (χ3n) is 2.42. The van der Waals surface area contributed by atoms with Crippen molar-refractivity contribution in [2.75, 3.05) is 17.3 Å². The summed E-state index contributed by atoms with van der Waals surface area (Å²) in [6.07, 6.45) is 0. The summed E-state index contributed by atoms with van der Waals surface area (Å²) in [6.45, 7) is 0. The summed E-state index contributed by atoms with van der Waals surface area (Å²) >= 11 is 5.91. The predicted octanol–water partition coefficient (Wildman–Crippen LogP) is 3.31. The average Bonchev–Trinajstić information content (AvgIpc) is 2.91. The van der Waals surface area contributed by atoms with Gasteiger partial charge in [-0.2, -0.15) is 0 Å². The summed E-state index contributed by atoms with van der Waals surface area (Å²) in [5, 5.41) is 1.22. The van der Waals surface area contributed by atoms with E-state index in [9.17, 15) is 0 Å².